The minimum atomic E-state index is -0.433. The van der Waals surface area contributed by atoms with Crippen LogP contribution < -0.4 is 4.74 Å². The predicted molar refractivity (Wildman–Crippen MR) is 133 cm³/mol. The summed E-state index contributed by atoms with van der Waals surface area (Å²) in [5.41, 5.74) is 2.31. The number of hydrogen-bond donors (Lipinski definition) is 0. The van der Waals surface area contributed by atoms with Crippen LogP contribution >= 0.6 is 11.6 Å². The van der Waals surface area contributed by atoms with Gasteiger partial charge in [0.2, 0.25) is 5.88 Å². The number of halogens is 3. The van der Waals surface area contributed by atoms with Crippen molar-refractivity contribution in [3.63, 3.8) is 0 Å². The molecular weight excluding hydrogens is 468 g/mol. The van der Waals surface area contributed by atoms with Gasteiger partial charge in [-0.2, -0.15) is 0 Å². The van der Waals surface area contributed by atoms with Crippen LogP contribution in [0.15, 0.2) is 78.9 Å². The van der Waals surface area contributed by atoms with E-state index in [4.69, 9.17) is 21.1 Å². The third kappa shape index (κ3) is 5.80. The first-order chi connectivity index (χ1) is 17.0. The second-order valence-electron chi connectivity index (χ2n) is 9.01. The van der Waals surface area contributed by atoms with Crippen LogP contribution in [-0.4, -0.2) is 17.7 Å². The number of aromatic nitrogens is 1. The van der Waals surface area contributed by atoms with E-state index in [1.165, 1.54) is 12.1 Å². The Morgan fingerprint density at radius 2 is 1.71 bits per heavy atom. The van der Waals surface area contributed by atoms with E-state index in [-0.39, 0.29) is 18.3 Å². The molecule has 0 saturated carbocycles. The molecule has 1 aromatic heterocycles. The summed E-state index contributed by atoms with van der Waals surface area (Å²) in [6.45, 7) is 0.860. The van der Waals surface area contributed by atoms with Crippen molar-refractivity contribution in [1.29, 1.82) is 0 Å². The van der Waals surface area contributed by atoms with Crippen molar-refractivity contribution in [3.05, 3.63) is 107 Å². The Morgan fingerprint density at radius 3 is 2.46 bits per heavy atom. The van der Waals surface area contributed by atoms with E-state index < -0.39 is 5.82 Å². The topological polar surface area (TPSA) is 31.4 Å². The van der Waals surface area contributed by atoms with E-state index in [1.807, 2.05) is 18.2 Å². The standard InChI is InChI=1S/C29H26ClF2NO2/c30-24-11-10-23(27(32)17-24)18-35-29-7-3-6-28(33-29)22-9-8-21(26(31)16-22)14-19-4-1-2-5-20(19)15-25-12-13-34-25/h1-11,16-17,19-20,25H,12-15,18H2. The molecule has 6 heteroatoms. The molecular formula is C29H26ClF2NO2. The number of hydrogen-bond acceptors (Lipinski definition) is 3. The van der Waals surface area contributed by atoms with Crippen molar-refractivity contribution >= 4 is 11.6 Å². The fourth-order valence-electron chi connectivity index (χ4n) is 4.52. The minimum absolute atomic E-state index is 0.0170. The Balaban J connectivity index is 1.26. The lowest BCUT2D eigenvalue weighted by Gasteiger charge is -2.33. The second-order valence-corrected chi connectivity index (χ2v) is 9.45. The lowest BCUT2D eigenvalue weighted by molar-refractivity contribution is -0.0621. The van der Waals surface area contributed by atoms with Gasteiger partial charge in [-0.15, -0.1) is 0 Å². The zero-order chi connectivity index (χ0) is 24.2. The first-order valence-corrected chi connectivity index (χ1v) is 12.2. The zero-order valence-electron chi connectivity index (χ0n) is 19.2. The van der Waals surface area contributed by atoms with Crippen molar-refractivity contribution in [3.8, 4) is 17.1 Å². The molecule has 0 N–H and O–H groups in total. The normalized spacial score (nSPS) is 21.1. The first-order valence-electron chi connectivity index (χ1n) is 11.8. The number of nitrogens with zero attached hydrogens (tertiary/aromatic N) is 1. The van der Waals surface area contributed by atoms with Gasteiger partial charge in [-0.1, -0.05) is 60.2 Å². The van der Waals surface area contributed by atoms with Gasteiger partial charge in [-0.05, 0) is 60.9 Å². The molecule has 0 radical (unpaired) electrons. The molecule has 2 aliphatic rings. The van der Waals surface area contributed by atoms with Gasteiger partial charge in [0.25, 0.3) is 0 Å². The smallest absolute Gasteiger partial charge is 0.214 e. The summed E-state index contributed by atoms with van der Waals surface area (Å²) >= 11 is 5.80. The van der Waals surface area contributed by atoms with Crippen molar-refractivity contribution in [1.82, 2.24) is 4.98 Å². The summed E-state index contributed by atoms with van der Waals surface area (Å²) in [5.74, 6) is 0.247. The zero-order valence-corrected chi connectivity index (χ0v) is 19.9. The molecule has 3 nitrogen and oxygen atoms in total. The number of pyridine rings is 1. The van der Waals surface area contributed by atoms with Gasteiger partial charge < -0.3 is 9.47 Å². The van der Waals surface area contributed by atoms with Crippen LogP contribution in [0.1, 0.15) is 24.0 Å². The Kier molecular flexibility index (Phi) is 7.26. The van der Waals surface area contributed by atoms with Crippen molar-refractivity contribution in [2.24, 2.45) is 11.8 Å². The Hall–Kier alpha value is -3.02. The largest absolute Gasteiger partial charge is 0.473 e. The summed E-state index contributed by atoms with van der Waals surface area (Å²) in [6, 6.07) is 15.0. The van der Waals surface area contributed by atoms with Gasteiger partial charge >= 0.3 is 0 Å². The molecule has 0 amide bonds. The maximum Gasteiger partial charge on any atom is 0.214 e. The van der Waals surface area contributed by atoms with E-state index in [9.17, 15) is 4.39 Å². The quantitative estimate of drug-likeness (QED) is 0.329. The summed E-state index contributed by atoms with van der Waals surface area (Å²) in [6.07, 6.45) is 11.5. The molecule has 1 aliphatic carbocycles. The third-order valence-electron chi connectivity index (χ3n) is 6.62. The average molecular weight is 494 g/mol. The van der Waals surface area contributed by atoms with Gasteiger partial charge in [-0.3, -0.25) is 0 Å². The SMILES string of the molecule is Fc1cc(Cl)ccc1COc1cccc(-c2ccc(CC3C=CC=CC3CC3CCO3)c(F)c2)n1. The van der Waals surface area contributed by atoms with Gasteiger partial charge in [0.15, 0.2) is 0 Å². The van der Waals surface area contributed by atoms with Gasteiger partial charge in [0.05, 0.1) is 11.8 Å². The highest BCUT2D eigenvalue weighted by atomic mass is 35.5. The van der Waals surface area contributed by atoms with Crippen LogP contribution in [0, 0.1) is 23.5 Å². The summed E-state index contributed by atoms with van der Waals surface area (Å²) < 4.78 is 40.4. The fourth-order valence-corrected chi connectivity index (χ4v) is 4.68. The van der Waals surface area contributed by atoms with Crippen molar-refractivity contribution in [2.45, 2.75) is 32.0 Å². The molecule has 1 fully saturated rings. The molecule has 2 heterocycles. The molecule has 3 atom stereocenters. The Bertz CT molecular complexity index is 1260. The second kappa shape index (κ2) is 10.7. The molecule has 1 aliphatic heterocycles. The average Bonchev–Trinajstić information content (AvgIpc) is 2.83. The van der Waals surface area contributed by atoms with E-state index in [2.05, 4.69) is 23.2 Å². The van der Waals surface area contributed by atoms with Gasteiger partial charge in [0.1, 0.15) is 18.2 Å². The number of rotatable bonds is 8. The van der Waals surface area contributed by atoms with E-state index >= 15 is 4.39 Å². The highest BCUT2D eigenvalue weighted by Crippen LogP contribution is 2.32. The van der Waals surface area contributed by atoms with Crippen LogP contribution in [0.3, 0.4) is 0 Å². The van der Waals surface area contributed by atoms with E-state index in [0.717, 1.165) is 19.4 Å². The van der Waals surface area contributed by atoms with Gasteiger partial charge in [-0.25, -0.2) is 13.8 Å². The van der Waals surface area contributed by atoms with Crippen molar-refractivity contribution in [2.75, 3.05) is 6.61 Å². The maximum absolute atomic E-state index is 15.1. The van der Waals surface area contributed by atoms with Crippen LogP contribution in [0.4, 0.5) is 8.78 Å². The van der Waals surface area contributed by atoms with E-state index in [1.54, 1.807) is 30.3 Å². The molecule has 0 bridgehead atoms. The molecule has 180 valence electrons. The van der Waals surface area contributed by atoms with Crippen LogP contribution in [0.5, 0.6) is 5.88 Å². The summed E-state index contributed by atoms with van der Waals surface area (Å²) in [7, 11) is 0. The van der Waals surface area contributed by atoms with Crippen LogP contribution in [0.25, 0.3) is 11.3 Å². The molecule has 2 aromatic carbocycles. The molecule has 0 spiro atoms. The Labute approximate surface area is 209 Å². The van der Waals surface area contributed by atoms with E-state index in [0.29, 0.717) is 51.7 Å². The van der Waals surface area contributed by atoms with Crippen LogP contribution in [-0.2, 0) is 17.8 Å². The molecule has 1 saturated heterocycles. The predicted octanol–water partition coefficient (Wildman–Crippen LogP) is 7.34. The highest BCUT2D eigenvalue weighted by Gasteiger charge is 2.27. The maximum atomic E-state index is 15.1. The first kappa shape index (κ1) is 23.7. The number of ether oxygens (including phenoxy) is 2. The van der Waals surface area contributed by atoms with Gasteiger partial charge in [0, 0.05) is 28.8 Å². The lowest BCUT2D eigenvalue weighted by Crippen LogP contribution is -2.31. The molecule has 5 rings (SSSR count). The molecule has 35 heavy (non-hydrogen) atoms. The molecule has 3 aromatic rings. The number of benzene rings is 2. The number of allylic oxidation sites excluding steroid dienone is 4. The minimum Gasteiger partial charge on any atom is -0.473 e. The Morgan fingerprint density at radius 1 is 0.943 bits per heavy atom. The fraction of sp³-hybridized carbons (Fsp3) is 0.276. The monoisotopic (exact) mass is 493 g/mol. The lowest BCUT2D eigenvalue weighted by atomic mass is 9.79. The van der Waals surface area contributed by atoms with Crippen LogP contribution in [0.2, 0.25) is 5.02 Å². The van der Waals surface area contributed by atoms with Crippen molar-refractivity contribution < 1.29 is 18.3 Å². The highest BCUT2D eigenvalue weighted by molar-refractivity contribution is 6.30. The molecule has 3 unspecified atom stereocenters. The third-order valence-corrected chi connectivity index (χ3v) is 6.86. The summed E-state index contributed by atoms with van der Waals surface area (Å²) in [4.78, 5) is 4.48. The summed E-state index contributed by atoms with van der Waals surface area (Å²) in [5, 5.41) is 0.329.